The monoisotopic (exact) mass is 278 g/mol. The van der Waals surface area contributed by atoms with Crippen LogP contribution in [0.15, 0.2) is 23.3 Å². The number of rotatable bonds is 6. The average molecular weight is 278 g/mol. The highest BCUT2D eigenvalue weighted by atomic mass is 16.5. The van der Waals surface area contributed by atoms with Gasteiger partial charge in [-0.1, -0.05) is 24.6 Å². The zero-order valence-electron chi connectivity index (χ0n) is 13.1. The van der Waals surface area contributed by atoms with Gasteiger partial charge in [0.1, 0.15) is 0 Å². The quantitative estimate of drug-likeness (QED) is 0.244. The predicted molar refractivity (Wildman–Crippen MR) is 80.3 cm³/mol. The van der Waals surface area contributed by atoms with Crippen molar-refractivity contribution in [1.29, 1.82) is 0 Å². The molecule has 2 atom stereocenters. The van der Waals surface area contributed by atoms with E-state index in [0.29, 0.717) is 18.4 Å². The molecule has 0 N–H and O–H groups in total. The minimum atomic E-state index is -0.494. The number of carbonyl (C=O) groups excluding carboxylic acids is 2. The zero-order valence-corrected chi connectivity index (χ0v) is 13.1. The van der Waals surface area contributed by atoms with Gasteiger partial charge in [0.05, 0.1) is 12.2 Å². The lowest BCUT2D eigenvalue weighted by atomic mass is 9.80. The molecule has 1 rings (SSSR count). The first-order valence-corrected chi connectivity index (χ1v) is 7.49. The Labute approximate surface area is 122 Å². The Morgan fingerprint density at radius 2 is 2.20 bits per heavy atom. The van der Waals surface area contributed by atoms with E-state index in [1.54, 1.807) is 13.0 Å². The Bertz CT molecular complexity index is 418. The maximum absolute atomic E-state index is 11.7. The number of allylic oxidation sites excluding steroid dienone is 3. The number of carbonyl (C=O) groups is 2. The number of Topliss-reactive ketones (excluding diaryl/α,β-unsaturated/α-hetero) is 1. The third kappa shape index (κ3) is 4.95. The number of esters is 1. The smallest absolute Gasteiger partial charge is 0.341 e. The van der Waals surface area contributed by atoms with E-state index in [-0.39, 0.29) is 11.4 Å². The van der Waals surface area contributed by atoms with Crippen LogP contribution >= 0.6 is 0 Å². The molecule has 0 amide bonds. The molecule has 0 bridgehead atoms. The van der Waals surface area contributed by atoms with E-state index < -0.39 is 5.97 Å². The minimum Gasteiger partial charge on any atom is -0.462 e. The fraction of sp³-hybridized carbons (Fsp3) is 0.647. The molecule has 0 aliphatic heterocycles. The maximum atomic E-state index is 11.7. The normalized spacial score (nSPS) is 21.1. The molecule has 0 saturated heterocycles. The number of hydrogen-bond donors (Lipinski definition) is 0. The summed E-state index contributed by atoms with van der Waals surface area (Å²) in [6.07, 6.45) is 8.30. The van der Waals surface area contributed by atoms with E-state index >= 15 is 0 Å². The lowest BCUT2D eigenvalue weighted by molar-refractivity contribution is -0.139. The van der Waals surface area contributed by atoms with Gasteiger partial charge in [-0.3, -0.25) is 4.79 Å². The fourth-order valence-electron chi connectivity index (χ4n) is 2.58. The topological polar surface area (TPSA) is 43.4 Å². The third-order valence-corrected chi connectivity index (χ3v) is 4.05. The Balaban J connectivity index is 2.63. The van der Waals surface area contributed by atoms with Crippen LogP contribution < -0.4 is 0 Å². The van der Waals surface area contributed by atoms with Crippen molar-refractivity contribution in [2.75, 3.05) is 6.61 Å². The van der Waals surface area contributed by atoms with Crippen molar-refractivity contribution in [3.8, 4) is 0 Å². The van der Waals surface area contributed by atoms with Crippen LogP contribution in [-0.2, 0) is 14.3 Å². The summed E-state index contributed by atoms with van der Waals surface area (Å²) in [7, 11) is 0. The highest BCUT2D eigenvalue weighted by Crippen LogP contribution is 2.31. The van der Waals surface area contributed by atoms with Crippen LogP contribution in [-0.4, -0.2) is 18.4 Å². The molecule has 0 aromatic carbocycles. The van der Waals surface area contributed by atoms with Gasteiger partial charge in [0.15, 0.2) is 5.78 Å². The second-order valence-electron chi connectivity index (χ2n) is 5.69. The molecule has 0 aromatic rings. The van der Waals surface area contributed by atoms with Crippen molar-refractivity contribution in [3.05, 3.63) is 23.3 Å². The zero-order chi connectivity index (χ0) is 15.1. The molecule has 1 aliphatic carbocycles. The Hall–Kier alpha value is -1.38. The van der Waals surface area contributed by atoms with Gasteiger partial charge in [-0.2, -0.15) is 0 Å². The van der Waals surface area contributed by atoms with Gasteiger partial charge in [-0.15, -0.1) is 0 Å². The maximum Gasteiger partial charge on any atom is 0.341 e. The van der Waals surface area contributed by atoms with Crippen LogP contribution in [0.25, 0.3) is 0 Å². The predicted octanol–water partition coefficient (Wildman–Crippen LogP) is 3.84. The summed E-state index contributed by atoms with van der Waals surface area (Å²) < 4.78 is 4.92. The van der Waals surface area contributed by atoms with Gasteiger partial charge in [0.2, 0.25) is 0 Å². The summed E-state index contributed by atoms with van der Waals surface area (Å²) in [5.74, 6) is 0.412. The molecule has 3 nitrogen and oxygen atoms in total. The minimum absolute atomic E-state index is 0.196. The van der Waals surface area contributed by atoms with Crippen molar-refractivity contribution in [1.82, 2.24) is 0 Å². The lowest BCUT2D eigenvalue weighted by Gasteiger charge is -2.25. The first kappa shape index (κ1) is 16.7. The molecule has 0 fully saturated rings. The summed E-state index contributed by atoms with van der Waals surface area (Å²) in [6, 6.07) is 0. The van der Waals surface area contributed by atoms with Crippen molar-refractivity contribution >= 4 is 11.8 Å². The van der Waals surface area contributed by atoms with Gasteiger partial charge in [0, 0.05) is 0 Å². The standard InChI is InChI=1S/C17H26O3/c1-5-20-17(19)16(14(4)18)11-8-13(3)15-9-6-12(2)7-10-15/h6,11,13,15H,5,7-10H2,1-4H3/b16-11+. The highest BCUT2D eigenvalue weighted by molar-refractivity contribution is 6.16. The van der Waals surface area contributed by atoms with Crippen LogP contribution in [0.4, 0.5) is 0 Å². The first-order valence-electron chi connectivity index (χ1n) is 7.49. The second kappa shape index (κ2) is 8.03. The molecule has 2 unspecified atom stereocenters. The molecule has 3 heteroatoms. The molecule has 0 spiro atoms. The molecule has 0 aromatic heterocycles. The van der Waals surface area contributed by atoms with Crippen molar-refractivity contribution < 1.29 is 14.3 Å². The second-order valence-corrected chi connectivity index (χ2v) is 5.69. The van der Waals surface area contributed by atoms with Gasteiger partial charge in [-0.25, -0.2) is 4.79 Å². The van der Waals surface area contributed by atoms with Gasteiger partial charge in [0.25, 0.3) is 0 Å². The summed E-state index contributed by atoms with van der Waals surface area (Å²) >= 11 is 0. The summed E-state index contributed by atoms with van der Waals surface area (Å²) in [4.78, 5) is 23.2. The molecular formula is C17H26O3. The first-order chi connectivity index (χ1) is 9.45. The van der Waals surface area contributed by atoms with E-state index in [2.05, 4.69) is 19.9 Å². The van der Waals surface area contributed by atoms with Crippen LogP contribution in [0.5, 0.6) is 0 Å². The lowest BCUT2D eigenvalue weighted by Crippen LogP contribution is -2.16. The molecular weight excluding hydrogens is 252 g/mol. The fourth-order valence-corrected chi connectivity index (χ4v) is 2.58. The van der Waals surface area contributed by atoms with E-state index in [1.807, 2.05) is 0 Å². The van der Waals surface area contributed by atoms with Gasteiger partial charge in [-0.05, 0) is 58.3 Å². The van der Waals surface area contributed by atoms with Crippen LogP contribution in [0.2, 0.25) is 0 Å². The van der Waals surface area contributed by atoms with E-state index in [4.69, 9.17) is 4.74 Å². The number of hydrogen-bond acceptors (Lipinski definition) is 3. The average Bonchev–Trinajstić information content (AvgIpc) is 2.39. The van der Waals surface area contributed by atoms with Crippen molar-refractivity contribution in [2.24, 2.45) is 11.8 Å². The van der Waals surface area contributed by atoms with Gasteiger partial charge < -0.3 is 4.74 Å². The summed E-state index contributed by atoms with van der Waals surface area (Å²) in [6.45, 7) is 7.83. The largest absolute Gasteiger partial charge is 0.462 e. The molecule has 0 saturated carbocycles. The Morgan fingerprint density at radius 3 is 2.70 bits per heavy atom. The van der Waals surface area contributed by atoms with E-state index in [1.165, 1.54) is 18.9 Å². The Morgan fingerprint density at radius 1 is 1.50 bits per heavy atom. The third-order valence-electron chi connectivity index (χ3n) is 4.05. The molecule has 112 valence electrons. The van der Waals surface area contributed by atoms with Crippen molar-refractivity contribution in [3.63, 3.8) is 0 Å². The Kier molecular flexibility index (Phi) is 6.69. The molecule has 0 radical (unpaired) electrons. The van der Waals surface area contributed by atoms with Crippen LogP contribution in [0.1, 0.15) is 53.4 Å². The molecule has 0 heterocycles. The highest BCUT2D eigenvalue weighted by Gasteiger charge is 2.20. The summed E-state index contributed by atoms with van der Waals surface area (Å²) in [5.41, 5.74) is 1.67. The summed E-state index contributed by atoms with van der Waals surface area (Å²) in [5, 5.41) is 0. The SMILES string of the molecule is CCOC(=O)/C(=C/CC(C)C1CC=C(C)CC1)C(C)=O. The number of ether oxygens (including phenoxy) is 1. The van der Waals surface area contributed by atoms with Crippen molar-refractivity contribution in [2.45, 2.75) is 53.4 Å². The van der Waals surface area contributed by atoms with Gasteiger partial charge >= 0.3 is 5.97 Å². The molecule has 1 aliphatic rings. The van der Waals surface area contributed by atoms with Crippen LogP contribution in [0, 0.1) is 11.8 Å². The van der Waals surface area contributed by atoms with E-state index in [0.717, 1.165) is 19.3 Å². The van der Waals surface area contributed by atoms with E-state index in [9.17, 15) is 9.59 Å². The number of ketones is 1. The van der Waals surface area contributed by atoms with Crippen LogP contribution in [0.3, 0.4) is 0 Å². The molecule has 20 heavy (non-hydrogen) atoms.